The average molecular weight is 465 g/mol. The predicted octanol–water partition coefficient (Wildman–Crippen LogP) is 3.03. The molecule has 7 nitrogen and oxygen atoms in total. The molecule has 0 saturated carbocycles. The van der Waals surface area contributed by atoms with Crippen LogP contribution in [0.2, 0.25) is 0 Å². The van der Waals surface area contributed by atoms with Crippen LogP contribution in [-0.2, 0) is 21.2 Å². The predicted molar refractivity (Wildman–Crippen MR) is 130 cm³/mol. The second-order valence-corrected chi connectivity index (χ2v) is 10.0. The van der Waals surface area contributed by atoms with Crippen LogP contribution in [0.4, 0.5) is 0 Å². The van der Waals surface area contributed by atoms with E-state index in [1.54, 1.807) is 47.4 Å². The van der Waals surface area contributed by atoms with E-state index in [4.69, 9.17) is 11.1 Å². The number of nitrogens with one attached hydrogen (secondary N) is 2. The van der Waals surface area contributed by atoms with Crippen molar-refractivity contribution in [2.24, 2.45) is 5.73 Å². The van der Waals surface area contributed by atoms with Crippen LogP contribution in [0.25, 0.3) is 10.8 Å². The number of carbonyl (C=O) groups is 1. The van der Waals surface area contributed by atoms with E-state index in [9.17, 15) is 13.2 Å². The van der Waals surface area contributed by atoms with Gasteiger partial charge in [-0.1, -0.05) is 54.6 Å². The fourth-order valence-corrected chi connectivity index (χ4v) is 5.72. The summed E-state index contributed by atoms with van der Waals surface area (Å²) in [5, 5.41) is 9.10. The number of nitrogens with two attached hydrogens (primary N) is 1. The van der Waals surface area contributed by atoms with E-state index in [2.05, 4.69) is 4.72 Å². The third kappa shape index (κ3) is 5.23. The molecule has 1 aliphatic heterocycles. The van der Waals surface area contributed by atoms with Crippen LogP contribution in [0.1, 0.15) is 30.4 Å². The quantitative estimate of drug-likeness (QED) is 0.368. The Labute approximate surface area is 194 Å². The molecule has 0 spiro atoms. The number of hydrogen-bond acceptors (Lipinski definition) is 4. The maximum absolute atomic E-state index is 13.5. The number of nitrogens with zero attached hydrogens (tertiary/aromatic N) is 1. The summed E-state index contributed by atoms with van der Waals surface area (Å²) < 4.78 is 29.6. The zero-order chi connectivity index (χ0) is 23.4. The van der Waals surface area contributed by atoms with E-state index in [1.165, 1.54) is 0 Å². The van der Waals surface area contributed by atoms with Gasteiger partial charge in [-0.15, -0.1) is 0 Å². The first-order chi connectivity index (χ1) is 15.8. The molecule has 3 aromatic carbocycles. The Morgan fingerprint density at radius 3 is 2.45 bits per heavy atom. The maximum atomic E-state index is 13.5. The third-order valence-corrected chi connectivity index (χ3v) is 7.51. The van der Waals surface area contributed by atoms with Crippen LogP contribution in [-0.4, -0.2) is 44.2 Å². The van der Waals surface area contributed by atoms with Crippen LogP contribution < -0.4 is 10.5 Å². The molecule has 33 heavy (non-hydrogen) atoms. The van der Waals surface area contributed by atoms with E-state index in [0.29, 0.717) is 24.0 Å². The van der Waals surface area contributed by atoms with Crippen molar-refractivity contribution in [3.05, 3.63) is 77.9 Å². The van der Waals surface area contributed by atoms with Crippen molar-refractivity contribution in [3.8, 4) is 0 Å². The van der Waals surface area contributed by atoms with Crippen LogP contribution in [0, 0.1) is 5.41 Å². The highest BCUT2D eigenvalue weighted by Gasteiger charge is 2.31. The minimum Gasteiger partial charge on any atom is -0.384 e. The molecule has 3 aromatic rings. The first-order valence-electron chi connectivity index (χ1n) is 11.1. The third-order valence-electron chi connectivity index (χ3n) is 5.98. The summed E-state index contributed by atoms with van der Waals surface area (Å²) in [5.41, 5.74) is 6.89. The number of piperidine rings is 1. The molecule has 8 heteroatoms. The molecule has 4 N–H and O–H groups in total. The number of amidine groups is 1. The number of fused-ring (bicyclic) bond motifs is 1. The fourth-order valence-electron chi connectivity index (χ4n) is 4.30. The van der Waals surface area contributed by atoms with Gasteiger partial charge in [0.05, 0.1) is 4.90 Å². The van der Waals surface area contributed by atoms with Crippen molar-refractivity contribution < 1.29 is 13.2 Å². The molecule has 1 fully saturated rings. The van der Waals surface area contributed by atoms with Gasteiger partial charge in [-0.25, -0.2) is 8.42 Å². The van der Waals surface area contributed by atoms with E-state index < -0.39 is 16.1 Å². The van der Waals surface area contributed by atoms with Gasteiger partial charge in [-0.05, 0) is 48.8 Å². The van der Waals surface area contributed by atoms with Gasteiger partial charge in [0.1, 0.15) is 11.9 Å². The van der Waals surface area contributed by atoms with Gasteiger partial charge in [0, 0.05) is 24.0 Å². The molecule has 0 aromatic heterocycles. The van der Waals surface area contributed by atoms with Crippen molar-refractivity contribution in [1.29, 1.82) is 5.41 Å². The van der Waals surface area contributed by atoms with E-state index >= 15 is 0 Å². The molecule has 1 amide bonds. The summed E-state index contributed by atoms with van der Waals surface area (Å²) in [6.07, 6.45) is 3.06. The molecule has 4 rings (SSSR count). The molecular weight excluding hydrogens is 436 g/mol. The monoisotopic (exact) mass is 464 g/mol. The minimum absolute atomic E-state index is 0.0768. The maximum Gasteiger partial charge on any atom is 0.241 e. The molecule has 1 atom stereocenters. The van der Waals surface area contributed by atoms with Crippen molar-refractivity contribution in [2.75, 3.05) is 13.1 Å². The molecule has 1 saturated heterocycles. The highest BCUT2D eigenvalue weighted by molar-refractivity contribution is 7.89. The van der Waals surface area contributed by atoms with Crippen LogP contribution in [0.15, 0.2) is 71.6 Å². The Bertz CT molecular complexity index is 1280. The zero-order valence-corrected chi connectivity index (χ0v) is 19.1. The lowest BCUT2D eigenvalue weighted by Gasteiger charge is -2.31. The second kappa shape index (κ2) is 9.72. The fraction of sp³-hybridized carbons (Fsp3) is 0.280. The summed E-state index contributed by atoms with van der Waals surface area (Å²) in [6, 6.07) is 18.5. The number of hydrogen-bond donors (Lipinski definition) is 3. The second-order valence-electron chi connectivity index (χ2n) is 8.36. The Balaban J connectivity index is 1.68. The SMILES string of the molecule is N=C(N)c1cccc(CC(NS(=O)(=O)c2cccc3ccccc23)C(=O)N2CCCCC2)c1. The van der Waals surface area contributed by atoms with Crippen molar-refractivity contribution in [1.82, 2.24) is 9.62 Å². The molecule has 0 radical (unpaired) electrons. The van der Waals surface area contributed by atoms with E-state index in [1.807, 2.05) is 24.3 Å². The lowest BCUT2D eigenvalue weighted by atomic mass is 10.0. The van der Waals surface area contributed by atoms with Crippen molar-refractivity contribution >= 4 is 32.5 Å². The first kappa shape index (κ1) is 22.9. The van der Waals surface area contributed by atoms with Crippen molar-refractivity contribution in [2.45, 2.75) is 36.6 Å². The molecule has 0 aliphatic carbocycles. The van der Waals surface area contributed by atoms with Crippen molar-refractivity contribution in [3.63, 3.8) is 0 Å². The van der Waals surface area contributed by atoms with Gasteiger partial charge < -0.3 is 10.6 Å². The standard InChI is InChI=1S/C25H28N4O3S/c26-24(27)20-11-6-8-18(16-20)17-22(25(30)29-14-4-1-5-15-29)28-33(31,32)23-13-7-10-19-9-2-3-12-21(19)23/h2-3,6-13,16,22,28H,1,4-5,14-15,17H2,(H3,26,27). The van der Waals surface area contributed by atoms with Crippen LogP contribution in [0.5, 0.6) is 0 Å². The Kier molecular flexibility index (Phi) is 6.76. The molecule has 1 aliphatic rings. The van der Waals surface area contributed by atoms with Gasteiger partial charge in [0.2, 0.25) is 15.9 Å². The molecule has 172 valence electrons. The number of amides is 1. The average Bonchev–Trinajstić information content (AvgIpc) is 2.83. The number of likely N-dealkylation sites (tertiary alicyclic amines) is 1. The normalized spacial score (nSPS) is 15.3. The van der Waals surface area contributed by atoms with E-state index in [-0.39, 0.29) is 23.1 Å². The number of benzene rings is 3. The van der Waals surface area contributed by atoms with E-state index in [0.717, 1.165) is 30.2 Å². The first-order valence-corrected chi connectivity index (χ1v) is 12.6. The Hall–Kier alpha value is -3.23. The summed E-state index contributed by atoms with van der Waals surface area (Å²) in [5.74, 6) is -0.307. The molecule has 0 bridgehead atoms. The summed E-state index contributed by atoms with van der Waals surface area (Å²) in [6.45, 7) is 1.25. The zero-order valence-electron chi connectivity index (χ0n) is 18.3. The lowest BCUT2D eigenvalue weighted by molar-refractivity contribution is -0.133. The van der Waals surface area contributed by atoms with Crippen LogP contribution in [0.3, 0.4) is 0 Å². The number of carbonyl (C=O) groups excluding carboxylic acids is 1. The number of rotatable bonds is 7. The van der Waals surface area contributed by atoms with Crippen LogP contribution >= 0.6 is 0 Å². The minimum atomic E-state index is -3.98. The van der Waals surface area contributed by atoms with Gasteiger partial charge in [-0.2, -0.15) is 4.72 Å². The molecule has 1 heterocycles. The topological polar surface area (TPSA) is 116 Å². The highest BCUT2D eigenvalue weighted by Crippen LogP contribution is 2.24. The number of nitrogen functional groups attached to an aromatic ring is 1. The molecular formula is C25H28N4O3S. The Morgan fingerprint density at radius 2 is 1.70 bits per heavy atom. The number of sulfonamides is 1. The lowest BCUT2D eigenvalue weighted by Crippen LogP contribution is -2.51. The summed E-state index contributed by atoms with van der Waals surface area (Å²) >= 11 is 0. The Morgan fingerprint density at radius 1 is 1.00 bits per heavy atom. The summed E-state index contributed by atoms with van der Waals surface area (Å²) in [4.78, 5) is 15.3. The highest BCUT2D eigenvalue weighted by atomic mass is 32.2. The summed E-state index contributed by atoms with van der Waals surface area (Å²) in [7, 11) is -3.98. The van der Waals surface area contributed by atoms with Gasteiger partial charge in [0.15, 0.2) is 0 Å². The molecule has 1 unspecified atom stereocenters. The van der Waals surface area contributed by atoms with Gasteiger partial charge >= 0.3 is 0 Å². The van der Waals surface area contributed by atoms with Gasteiger partial charge in [-0.3, -0.25) is 10.2 Å². The van der Waals surface area contributed by atoms with Gasteiger partial charge in [0.25, 0.3) is 0 Å². The largest absolute Gasteiger partial charge is 0.384 e. The smallest absolute Gasteiger partial charge is 0.241 e.